The van der Waals surface area contributed by atoms with Gasteiger partial charge in [0.1, 0.15) is 7.05 Å². The summed E-state index contributed by atoms with van der Waals surface area (Å²) < 4.78 is 134. The van der Waals surface area contributed by atoms with Crippen molar-refractivity contribution in [1.29, 1.82) is 0 Å². The molecule has 4 nitrogen and oxygen atoms in total. The fraction of sp³-hybridized carbons (Fsp3) is 0.417. The Bertz CT molecular complexity index is 812. The van der Waals surface area contributed by atoms with Crippen molar-refractivity contribution in [2.75, 3.05) is 0 Å². The van der Waals surface area contributed by atoms with Gasteiger partial charge in [-0.25, -0.2) is 0 Å². The molecule has 0 spiro atoms. The molecule has 2 rings (SSSR count). The van der Waals surface area contributed by atoms with E-state index in [0.717, 1.165) is 11.1 Å². The highest BCUT2D eigenvalue weighted by Crippen LogP contribution is 2.72. The second-order valence-electron chi connectivity index (χ2n) is 4.93. The first-order valence-electron chi connectivity index (χ1n) is 6.40. The van der Waals surface area contributed by atoms with Gasteiger partial charge < -0.3 is 13.9 Å². The Hall–Kier alpha value is -1.82. The second-order valence-corrected chi connectivity index (χ2v) is 7.16. The van der Waals surface area contributed by atoms with Crippen LogP contribution >= 0.6 is 7.37 Å². The molecule has 0 saturated carbocycles. The van der Waals surface area contributed by atoms with Crippen molar-refractivity contribution < 1.29 is 62.3 Å². The predicted molar refractivity (Wildman–Crippen MR) is 67.0 cm³/mol. The van der Waals surface area contributed by atoms with Crippen LogP contribution in [0, 0.1) is 0 Å². The first-order valence-corrected chi connectivity index (χ1v) is 8.02. The van der Waals surface area contributed by atoms with Crippen LogP contribution in [0.1, 0.15) is 0 Å². The van der Waals surface area contributed by atoms with Gasteiger partial charge in [-0.3, -0.25) is 0 Å². The van der Waals surface area contributed by atoms with E-state index in [0.29, 0.717) is 0 Å². The molecule has 154 valence electrons. The highest BCUT2D eigenvalue weighted by atomic mass is 31.2. The molecule has 2 aromatic rings. The molecule has 15 heteroatoms. The minimum Gasteiger partial charge on any atom is -0.790 e. The molecule has 0 N–H and O–H groups in total. The number of benzene rings is 1. The van der Waals surface area contributed by atoms with Crippen LogP contribution in [-0.2, 0) is 11.6 Å². The second kappa shape index (κ2) is 6.97. The number of hydrogen-bond donors (Lipinski definition) is 0. The fourth-order valence-corrected chi connectivity index (χ4v) is 2.57. The van der Waals surface area contributed by atoms with E-state index in [2.05, 4.69) is 0 Å². The van der Waals surface area contributed by atoms with Gasteiger partial charge in [-0.05, 0) is 6.07 Å². The molecule has 0 aliphatic heterocycles. The van der Waals surface area contributed by atoms with Gasteiger partial charge in [0, 0.05) is 6.07 Å². The van der Waals surface area contributed by atoms with E-state index >= 15 is 0 Å². The lowest BCUT2D eigenvalue weighted by molar-refractivity contribution is -0.650. The van der Waals surface area contributed by atoms with E-state index in [4.69, 9.17) is 4.42 Å². The Balaban J connectivity index is 0.000000303. The zero-order valence-electron chi connectivity index (χ0n) is 12.8. The maximum absolute atomic E-state index is 12.1. The molecular formula is C12H8F10NO3P. The van der Waals surface area contributed by atoms with Crippen LogP contribution in [0.2, 0.25) is 0 Å². The topological polar surface area (TPSA) is 57.2 Å². The first kappa shape index (κ1) is 23.2. The lowest BCUT2D eigenvalue weighted by atomic mass is 10.3. The zero-order chi connectivity index (χ0) is 21.5. The number of halogens is 10. The van der Waals surface area contributed by atoms with E-state index < -0.39 is 31.0 Å². The number of para-hydroxylation sites is 2. The predicted octanol–water partition coefficient (Wildman–Crippen LogP) is 4.19. The molecule has 0 atom stereocenters. The van der Waals surface area contributed by atoms with E-state index in [1.54, 1.807) is 6.39 Å². The molecule has 27 heavy (non-hydrogen) atoms. The summed E-state index contributed by atoms with van der Waals surface area (Å²) in [6.07, 6.45) is -12.5. The van der Waals surface area contributed by atoms with Gasteiger partial charge >= 0.3 is 30.1 Å². The molecule has 0 aliphatic rings. The van der Waals surface area contributed by atoms with Gasteiger partial charge in [0.05, 0.1) is 0 Å². The summed E-state index contributed by atoms with van der Waals surface area (Å²) in [7, 11) is -6.54. The number of oxazole rings is 1. The maximum atomic E-state index is 12.1. The third kappa shape index (κ3) is 4.05. The van der Waals surface area contributed by atoms with Crippen LogP contribution in [0.5, 0.6) is 0 Å². The molecule has 0 amide bonds. The number of aryl methyl sites for hydroxylation is 1. The van der Waals surface area contributed by atoms with Crippen LogP contribution in [-0.4, -0.2) is 23.7 Å². The van der Waals surface area contributed by atoms with Gasteiger partial charge in [-0.1, -0.05) is 12.1 Å². The summed E-state index contributed by atoms with van der Waals surface area (Å²) in [6.45, 7) is 0. The summed E-state index contributed by atoms with van der Waals surface area (Å²) in [5.41, 5.74) is -12.3. The Morgan fingerprint density at radius 3 is 1.67 bits per heavy atom. The van der Waals surface area contributed by atoms with Crippen molar-refractivity contribution in [3.63, 3.8) is 0 Å². The van der Waals surface area contributed by atoms with Gasteiger partial charge in [0.2, 0.25) is 5.58 Å². The average molecular weight is 435 g/mol. The van der Waals surface area contributed by atoms with Crippen molar-refractivity contribution in [2.24, 2.45) is 7.05 Å². The maximum Gasteiger partial charge on any atom is 0.459 e. The smallest absolute Gasteiger partial charge is 0.459 e. The minimum absolute atomic E-state index is 0.935. The van der Waals surface area contributed by atoms with E-state index in [1.165, 1.54) is 0 Å². The molecule has 0 unspecified atom stereocenters. The van der Waals surface area contributed by atoms with Crippen LogP contribution in [0.25, 0.3) is 11.1 Å². The number of alkyl halides is 10. The number of fused-ring (bicyclic) bond motifs is 1. The molecule has 1 aromatic carbocycles. The lowest BCUT2D eigenvalue weighted by Crippen LogP contribution is -2.50. The Kier molecular flexibility index (Phi) is 5.99. The Morgan fingerprint density at radius 2 is 1.30 bits per heavy atom. The molecule has 0 fully saturated rings. The van der Waals surface area contributed by atoms with Crippen molar-refractivity contribution in [3.8, 4) is 0 Å². The van der Waals surface area contributed by atoms with Crippen molar-refractivity contribution >= 4 is 18.5 Å². The van der Waals surface area contributed by atoms with Crippen molar-refractivity contribution in [3.05, 3.63) is 30.7 Å². The van der Waals surface area contributed by atoms with E-state index in [-0.39, 0.29) is 0 Å². The Labute approximate surface area is 143 Å². The molecule has 0 aliphatic carbocycles. The summed E-state index contributed by atoms with van der Waals surface area (Å²) in [5, 5.41) is 0. The zero-order valence-corrected chi connectivity index (χ0v) is 13.7. The van der Waals surface area contributed by atoms with Crippen LogP contribution in [0.4, 0.5) is 43.9 Å². The monoisotopic (exact) mass is 435 g/mol. The highest BCUT2D eigenvalue weighted by Gasteiger charge is 2.78. The SMILES string of the molecule is C[n+]1coc2ccccc21.O=P([O-])(C(F)(F)C(F)(F)F)C(F)(F)C(F)(F)F. The minimum atomic E-state index is -8.51. The van der Waals surface area contributed by atoms with Crippen LogP contribution in [0.3, 0.4) is 0 Å². The van der Waals surface area contributed by atoms with Gasteiger partial charge in [-0.2, -0.15) is 48.5 Å². The lowest BCUT2D eigenvalue weighted by Gasteiger charge is -2.38. The van der Waals surface area contributed by atoms with Gasteiger partial charge in [0.25, 0.3) is 5.52 Å². The molecule has 0 bridgehead atoms. The normalized spacial score (nSPS) is 14.1. The largest absolute Gasteiger partial charge is 0.790 e. The number of aromatic nitrogens is 1. The summed E-state index contributed by atoms with van der Waals surface area (Å²) in [4.78, 5) is 10.1. The number of nitrogens with zero attached hydrogens (tertiary/aromatic N) is 1. The molecule has 0 radical (unpaired) electrons. The summed E-state index contributed by atoms with van der Waals surface area (Å²) in [5.74, 6) is 0. The average Bonchev–Trinajstić information content (AvgIpc) is 2.87. The standard InChI is InChI=1S/C8H8NO.C4HF10O2P/c1-9-6-10-8-5-3-2-4-7(8)9;5-1(6,7)3(11,12)17(15,16)4(13,14)2(8,9)10/h2-6H,1H3;(H,15,16)/q+1;/p-1. The third-order valence-corrected chi connectivity index (χ3v) is 4.99. The molecule has 1 heterocycles. The quantitative estimate of drug-likeness (QED) is 0.404. The van der Waals surface area contributed by atoms with Crippen LogP contribution < -0.4 is 9.46 Å². The molecule has 1 aromatic heterocycles. The molecule has 0 saturated heterocycles. The summed E-state index contributed by atoms with van der Waals surface area (Å²) in [6, 6.07) is 7.94. The Morgan fingerprint density at radius 1 is 0.889 bits per heavy atom. The van der Waals surface area contributed by atoms with Crippen molar-refractivity contribution in [1.82, 2.24) is 0 Å². The molecular weight excluding hydrogens is 427 g/mol. The van der Waals surface area contributed by atoms with E-state index in [9.17, 15) is 53.4 Å². The fourth-order valence-electron chi connectivity index (χ4n) is 1.55. The number of rotatable bonds is 2. The summed E-state index contributed by atoms with van der Waals surface area (Å²) >= 11 is 0. The first-order chi connectivity index (χ1) is 11.9. The van der Waals surface area contributed by atoms with Gasteiger partial charge in [-0.15, -0.1) is 0 Å². The van der Waals surface area contributed by atoms with Crippen LogP contribution in [0.15, 0.2) is 35.1 Å². The third-order valence-electron chi connectivity index (χ3n) is 3.00. The highest BCUT2D eigenvalue weighted by molar-refractivity contribution is 7.59. The number of hydrogen-bond acceptors (Lipinski definition) is 3. The van der Waals surface area contributed by atoms with E-state index in [1.807, 2.05) is 35.9 Å². The van der Waals surface area contributed by atoms with Gasteiger partial charge in [0.15, 0.2) is 7.37 Å². The van der Waals surface area contributed by atoms with Crippen molar-refractivity contribution in [2.45, 2.75) is 23.7 Å².